The van der Waals surface area contributed by atoms with Crippen molar-refractivity contribution < 1.29 is 19.2 Å². The van der Waals surface area contributed by atoms with Crippen molar-refractivity contribution in [1.29, 1.82) is 0 Å². The first-order valence-electron chi connectivity index (χ1n) is 10.1. The molecule has 0 aromatic heterocycles. The molecule has 2 fully saturated rings. The lowest BCUT2D eigenvalue weighted by atomic mass is 10.1. The first-order valence-corrected chi connectivity index (χ1v) is 10.9. The Labute approximate surface area is 194 Å². The predicted octanol–water partition coefficient (Wildman–Crippen LogP) is 3.39. The van der Waals surface area contributed by atoms with Crippen molar-refractivity contribution in [2.75, 3.05) is 16.9 Å². The molecule has 0 saturated carbocycles. The highest BCUT2D eigenvalue weighted by molar-refractivity contribution is 6.35. The van der Waals surface area contributed by atoms with E-state index >= 15 is 0 Å². The highest BCUT2D eigenvalue weighted by Gasteiger charge is 2.35. The zero-order chi connectivity index (χ0) is 22.8. The van der Waals surface area contributed by atoms with Gasteiger partial charge in [-0.3, -0.25) is 24.6 Å². The van der Waals surface area contributed by atoms with Gasteiger partial charge in [-0.15, -0.1) is 0 Å². The maximum atomic E-state index is 13.1. The van der Waals surface area contributed by atoms with Crippen LogP contribution in [0.2, 0.25) is 10.0 Å². The molecule has 2 aliphatic rings. The Morgan fingerprint density at radius 1 is 1.00 bits per heavy atom. The fourth-order valence-electron chi connectivity index (χ4n) is 3.84. The molecular formula is C22H20Cl2N4O4. The number of likely N-dealkylation sites (tertiary alicyclic amines) is 1. The van der Waals surface area contributed by atoms with Crippen LogP contribution in [0.5, 0.6) is 0 Å². The number of halogens is 2. The summed E-state index contributed by atoms with van der Waals surface area (Å²) in [7, 11) is 0. The minimum Gasteiger partial charge on any atom is -0.327 e. The normalized spacial score (nSPS) is 18.5. The van der Waals surface area contributed by atoms with Crippen LogP contribution in [0.25, 0.3) is 0 Å². The van der Waals surface area contributed by atoms with E-state index in [1.54, 1.807) is 42.5 Å². The molecule has 0 bridgehead atoms. The molecule has 2 aromatic rings. The molecule has 2 aromatic carbocycles. The molecule has 0 spiro atoms. The van der Waals surface area contributed by atoms with E-state index in [0.29, 0.717) is 46.4 Å². The molecule has 0 radical (unpaired) electrons. The van der Waals surface area contributed by atoms with Crippen LogP contribution in [0.4, 0.5) is 11.4 Å². The van der Waals surface area contributed by atoms with Crippen LogP contribution >= 0.6 is 23.2 Å². The molecule has 8 nitrogen and oxygen atoms in total. The topological polar surface area (TPSA) is 98.8 Å². The first-order chi connectivity index (χ1) is 15.3. The Hall–Kier alpha value is -3.10. The smallest absolute Gasteiger partial charge is 0.254 e. The highest BCUT2D eigenvalue weighted by atomic mass is 35.5. The highest BCUT2D eigenvalue weighted by Crippen LogP contribution is 2.26. The van der Waals surface area contributed by atoms with E-state index in [-0.39, 0.29) is 36.5 Å². The summed E-state index contributed by atoms with van der Waals surface area (Å²) >= 11 is 12.0. The van der Waals surface area contributed by atoms with E-state index in [2.05, 4.69) is 10.7 Å². The molecule has 2 heterocycles. The van der Waals surface area contributed by atoms with Crippen molar-refractivity contribution in [3.63, 3.8) is 0 Å². The molecule has 4 amide bonds. The van der Waals surface area contributed by atoms with Gasteiger partial charge < -0.3 is 10.2 Å². The van der Waals surface area contributed by atoms with Crippen molar-refractivity contribution >= 4 is 58.2 Å². The van der Waals surface area contributed by atoms with Gasteiger partial charge in [0, 0.05) is 40.7 Å². The van der Waals surface area contributed by atoms with Crippen LogP contribution in [0.1, 0.15) is 36.0 Å². The average molecular weight is 475 g/mol. The number of carbonyl (C=O) groups excluding carboxylic acids is 4. The van der Waals surface area contributed by atoms with Crippen LogP contribution < -0.4 is 15.8 Å². The molecule has 32 heavy (non-hydrogen) atoms. The number of anilines is 2. The third-order valence-corrected chi connectivity index (χ3v) is 5.81. The number of nitrogens with one attached hydrogen (secondary N) is 2. The van der Waals surface area contributed by atoms with Gasteiger partial charge in [0.15, 0.2) is 0 Å². The van der Waals surface area contributed by atoms with E-state index in [9.17, 15) is 19.2 Å². The summed E-state index contributed by atoms with van der Waals surface area (Å²) in [5, 5.41) is 4.76. The average Bonchev–Trinajstić information content (AvgIpc) is 3.24. The summed E-state index contributed by atoms with van der Waals surface area (Å²) in [6, 6.07) is 10.5. The van der Waals surface area contributed by atoms with Crippen LogP contribution in [0, 0.1) is 0 Å². The molecule has 2 aliphatic heterocycles. The molecule has 166 valence electrons. The monoisotopic (exact) mass is 474 g/mol. The Bertz CT molecular complexity index is 1070. The van der Waals surface area contributed by atoms with Gasteiger partial charge in [-0.1, -0.05) is 23.2 Å². The maximum absolute atomic E-state index is 13.1. The Kier molecular flexibility index (Phi) is 6.34. The van der Waals surface area contributed by atoms with Crippen LogP contribution in [-0.4, -0.2) is 41.1 Å². The number of amides is 4. The van der Waals surface area contributed by atoms with Crippen molar-refractivity contribution in [3.05, 3.63) is 58.1 Å². The van der Waals surface area contributed by atoms with Gasteiger partial charge in [-0.05, 0) is 55.3 Å². The fourth-order valence-corrected chi connectivity index (χ4v) is 4.36. The predicted molar refractivity (Wildman–Crippen MR) is 120 cm³/mol. The van der Waals surface area contributed by atoms with E-state index in [4.69, 9.17) is 23.2 Å². The largest absolute Gasteiger partial charge is 0.327 e. The van der Waals surface area contributed by atoms with E-state index in [1.807, 2.05) is 0 Å². The minimum absolute atomic E-state index is 0.134. The van der Waals surface area contributed by atoms with Gasteiger partial charge in [0.1, 0.15) is 6.04 Å². The van der Waals surface area contributed by atoms with Gasteiger partial charge in [0.05, 0.1) is 5.69 Å². The Morgan fingerprint density at radius 3 is 2.38 bits per heavy atom. The van der Waals surface area contributed by atoms with Crippen molar-refractivity contribution in [2.45, 2.75) is 31.7 Å². The van der Waals surface area contributed by atoms with Gasteiger partial charge in [-0.25, -0.2) is 5.01 Å². The van der Waals surface area contributed by atoms with Gasteiger partial charge in [0.2, 0.25) is 17.7 Å². The molecule has 2 N–H and O–H groups in total. The van der Waals surface area contributed by atoms with Crippen molar-refractivity contribution in [3.8, 4) is 0 Å². The molecule has 1 unspecified atom stereocenters. The first kappa shape index (κ1) is 22.1. The fraction of sp³-hybridized carbons (Fsp3) is 0.273. The Morgan fingerprint density at radius 2 is 1.69 bits per heavy atom. The number of benzene rings is 2. The zero-order valence-corrected chi connectivity index (χ0v) is 18.4. The molecule has 0 aliphatic carbocycles. The van der Waals surface area contributed by atoms with Crippen LogP contribution in [0.3, 0.4) is 0 Å². The lowest BCUT2D eigenvalue weighted by Crippen LogP contribution is -2.50. The molecular weight excluding hydrogens is 455 g/mol. The Balaban J connectivity index is 1.46. The standard InChI is InChI=1S/C22H20Cl2N4O4/c23-14-10-15(24)12-16(11-14)25-21(31)18-2-1-9-27(18)22(32)13-3-5-17(6-4-13)28-20(30)8-7-19(29)26-28/h3-6,10-12,18H,1-2,7-9H2,(H,25,31)(H,26,29). The molecule has 2 saturated heterocycles. The van der Waals surface area contributed by atoms with Crippen molar-refractivity contribution in [1.82, 2.24) is 10.3 Å². The summed E-state index contributed by atoms with van der Waals surface area (Å²) in [6.07, 6.45) is 1.53. The summed E-state index contributed by atoms with van der Waals surface area (Å²) in [5.74, 6) is -1.06. The number of carbonyl (C=O) groups is 4. The number of hydrogen-bond donors (Lipinski definition) is 2. The second kappa shape index (κ2) is 9.18. The summed E-state index contributed by atoms with van der Waals surface area (Å²) in [4.78, 5) is 51.1. The minimum atomic E-state index is -0.622. The zero-order valence-electron chi connectivity index (χ0n) is 16.9. The number of hydrogen-bond acceptors (Lipinski definition) is 4. The summed E-state index contributed by atoms with van der Waals surface area (Å²) in [6.45, 7) is 0.454. The lowest BCUT2D eigenvalue weighted by molar-refractivity contribution is -0.130. The third-order valence-electron chi connectivity index (χ3n) is 5.37. The van der Waals surface area contributed by atoms with Crippen molar-refractivity contribution in [2.24, 2.45) is 0 Å². The second-order valence-corrected chi connectivity index (χ2v) is 8.49. The summed E-state index contributed by atoms with van der Waals surface area (Å²) < 4.78 is 0. The summed E-state index contributed by atoms with van der Waals surface area (Å²) in [5.41, 5.74) is 3.83. The van der Waals surface area contributed by atoms with Crippen LogP contribution in [-0.2, 0) is 14.4 Å². The van der Waals surface area contributed by atoms with Gasteiger partial charge >= 0.3 is 0 Å². The number of hydrazine groups is 1. The van der Waals surface area contributed by atoms with Gasteiger partial charge in [0.25, 0.3) is 5.91 Å². The SMILES string of the molecule is O=C1CCC(=O)N(c2ccc(C(=O)N3CCCC3C(=O)Nc3cc(Cl)cc(Cl)c3)cc2)N1. The third kappa shape index (κ3) is 4.71. The second-order valence-electron chi connectivity index (χ2n) is 7.61. The van der Waals surface area contributed by atoms with E-state index in [0.717, 1.165) is 0 Å². The lowest BCUT2D eigenvalue weighted by Gasteiger charge is -2.27. The quantitative estimate of drug-likeness (QED) is 0.709. The molecule has 4 rings (SSSR count). The van der Waals surface area contributed by atoms with E-state index in [1.165, 1.54) is 9.91 Å². The molecule has 1 atom stereocenters. The van der Waals surface area contributed by atoms with Gasteiger partial charge in [-0.2, -0.15) is 0 Å². The molecule has 10 heteroatoms. The van der Waals surface area contributed by atoms with Crippen LogP contribution in [0.15, 0.2) is 42.5 Å². The van der Waals surface area contributed by atoms with E-state index < -0.39 is 6.04 Å². The number of nitrogens with zero attached hydrogens (tertiary/aromatic N) is 2. The number of rotatable bonds is 4. The maximum Gasteiger partial charge on any atom is 0.254 e.